The quantitative estimate of drug-likeness (QED) is 0.0288. The van der Waals surface area contributed by atoms with Crippen LogP contribution in [0.3, 0.4) is 0 Å². The largest absolute Gasteiger partial charge is 0.494 e. The van der Waals surface area contributed by atoms with E-state index in [9.17, 15) is 41.9 Å². The van der Waals surface area contributed by atoms with Crippen LogP contribution in [0.15, 0.2) is 121 Å². The van der Waals surface area contributed by atoms with Crippen molar-refractivity contribution in [3.63, 3.8) is 0 Å². The third-order valence-corrected chi connectivity index (χ3v) is 13.3. The summed E-state index contributed by atoms with van der Waals surface area (Å²) in [5, 5.41) is 7.29. The summed E-state index contributed by atoms with van der Waals surface area (Å²) in [7, 11) is 0. The van der Waals surface area contributed by atoms with Crippen molar-refractivity contribution in [2.75, 3.05) is 97.6 Å². The van der Waals surface area contributed by atoms with E-state index < -0.39 is 47.3 Å². The number of halogens is 4. The first-order chi connectivity index (χ1) is 38.3. The van der Waals surface area contributed by atoms with Gasteiger partial charge < -0.3 is 39.1 Å². The Labute approximate surface area is 460 Å². The molecule has 79 heavy (non-hydrogen) atoms. The molecule has 3 N–H and O–H groups in total. The van der Waals surface area contributed by atoms with E-state index in [-0.39, 0.29) is 85.9 Å². The van der Waals surface area contributed by atoms with Crippen molar-refractivity contribution in [3.8, 4) is 5.75 Å². The SMILES string of the molecule is O=C(Cc1cccc(OCCCN(Cc2cccc(C(F)(F)F)c2Cl)CC(c2ccccc2)c2ccccc2)c1)NCCOCCOCCOCCOCCOCC(=O)Nc1cccc2c1C(=O)N(C1CCC(=O)NC1=O)C2=O. The summed E-state index contributed by atoms with van der Waals surface area (Å²) in [5.74, 6) is -2.83. The molecule has 0 saturated carbocycles. The minimum Gasteiger partial charge on any atom is -0.494 e. The number of nitrogens with zero attached hydrogens (tertiary/aromatic N) is 2. The standard InChI is InChI=1S/C58H63ClF3N5O12/c59-54-43(16-8-19-47(54)58(60,61)62)37-66(38-46(41-12-3-1-4-13-41)42-14-5-2-6-15-42)24-10-25-79-44-17-7-11-40(35-44)36-51(69)63-23-26-74-27-28-75-29-30-76-31-32-77-33-34-78-39-52(70)64-48-20-9-18-45-53(48)57(73)67(56(45)72)49-21-22-50(68)65-55(49)71/h1-9,11-20,35,46,49H,10,21-34,36-39H2,(H,63,69)(H,64,70)(H,65,68,71). The van der Waals surface area contributed by atoms with E-state index in [1.165, 1.54) is 24.3 Å². The van der Waals surface area contributed by atoms with Crippen LogP contribution in [0.5, 0.6) is 5.75 Å². The molecule has 7 rings (SSSR count). The van der Waals surface area contributed by atoms with Crippen LogP contribution in [0.1, 0.15) is 73.7 Å². The molecule has 1 unspecified atom stereocenters. The number of hydrogen-bond acceptors (Lipinski definition) is 13. The van der Waals surface area contributed by atoms with Crippen LogP contribution in [-0.4, -0.2) is 144 Å². The fourth-order valence-corrected chi connectivity index (χ4v) is 9.31. The number of amides is 6. The number of carbonyl (C=O) groups is 6. The molecule has 0 spiro atoms. The second kappa shape index (κ2) is 30.4. The van der Waals surface area contributed by atoms with Crippen LogP contribution < -0.4 is 20.7 Å². The smallest absolute Gasteiger partial charge is 0.417 e. The number of nitrogens with one attached hydrogen (secondary N) is 3. The number of alkyl halides is 3. The second-order valence-electron chi connectivity index (χ2n) is 18.5. The number of ether oxygens (including phenoxy) is 6. The molecule has 0 aromatic heterocycles. The number of anilines is 1. The maximum atomic E-state index is 13.8. The zero-order valence-electron chi connectivity index (χ0n) is 43.4. The van der Waals surface area contributed by atoms with Crippen LogP contribution in [0.4, 0.5) is 18.9 Å². The predicted molar refractivity (Wildman–Crippen MR) is 286 cm³/mol. The van der Waals surface area contributed by atoms with Crippen LogP contribution in [0.2, 0.25) is 5.02 Å². The second-order valence-corrected chi connectivity index (χ2v) is 18.9. The molecule has 420 valence electrons. The molecule has 5 aromatic rings. The van der Waals surface area contributed by atoms with E-state index in [0.717, 1.165) is 27.7 Å². The van der Waals surface area contributed by atoms with Gasteiger partial charge in [0, 0.05) is 38.5 Å². The third-order valence-electron chi connectivity index (χ3n) is 12.8. The van der Waals surface area contributed by atoms with Gasteiger partial charge in [0.2, 0.25) is 23.6 Å². The van der Waals surface area contributed by atoms with E-state index in [2.05, 4.69) is 45.1 Å². The van der Waals surface area contributed by atoms with Crippen molar-refractivity contribution in [2.45, 2.75) is 50.4 Å². The molecule has 21 heteroatoms. The predicted octanol–water partition coefficient (Wildman–Crippen LogP) is 7.24. The minimum absolute atomic E-state index is 0.0100. The van der Waals surface area contributed by atoms with E-state index in [4.69, 9.17) is 40.0 Å². The maximum Gasteiger partial charge on any atom is 0.417 e. The summed E-state index contributed by atoms with van der Waals surface area (Å²) in [4.78, 5) is 78.5. The van der Waals surface area contributed by atoms with E-state index >= 15 is 0 Å². The van der Waals surface area contributed by atoms with Crippen molar-refractivity contribution in [3.05, 3.63) is 165 Å². The lowest BCUT2D eigenvalue weighted by atomic mass is 9.90. The van der Waals surface area contributed by atoms with Gasteiger partial charge in [-0.05, 0) is 65.4 Å². The first kappa shape index (κ1) is 59.6. The van der Waals surface area contributed by atoms with E-state index in [0.29, 0.717) is 83.6 Å². The van der Waals surface area contributed by atoms with Crippen LogP contribution in [0.25, 0.3) is 0 Å². The topological polar surface area (TPSA) is 200 Å². The highest BCUT2D eigenvalue weighted by atomic mass is 35.5. The monoisotopic (exact) mass is 1110 g/mol. The Morgan fingerprint density at radius 2 is 1.33 bits per heavy atom. The van der Waals surface area contributed by atoms with Gasteiger partial charge in [0.1, 0.15) is 18.4 Å². The van der Waals surface area contributed by atoms with Gasteiger partial charge in [-0.15, -0.1) is 0 Å². The highest BCUT2D eigenvalue weighted by Crippen LogP contribution is 2.37. The molecule has 1 fully saturated rings. The summed E-state index contributed by atoms with van der Waals surface area (Å²) in [6, 6.07) is 34.6. The highest BCUT2D eigenvalue weighted by Gasteiger charge is 2.46. The minimum atomic E-state index is -4.58. The van der Waals surface area contributed by atoms with Crippen molar-refractivity contribution < 1.29 is 70.4 Å². The molecule has 6 amide bonds. The molecule has 0 radical (unpaired) electrons. The summed E-state index contributed by atoms with van der Waals surface area (Å²) >= 11 is 6.39. The third kappa shape index (κ3) is 18.0. The number of benzene rings is 5. The zero-order valence-corrected chi connectivity index (χ0v) is 44.2. The first-order valence-electron chi connectivity index (χ1n) is 25.9. The Morgan fingerprint density at radius 3 is 1.97 bits per heavy atom. The van der Waals surface area contributed by atoms with Crippen LogP contribution in [0, 0.1) is 0 Å². The summed E-state index contributed by atoms with van der Waals surface area (Å²) in [6.07, 6.45) is -3.88. The van der Waals surface area contributed by atoms with Crippen LogP contribution >= 0.6 is 11.6 Å². The lowest BCUT2D eigenvalue weighted by molar-refractivity contribution is -0.138. The normalized spacial score (nSPS) is 14.5. The van der Waals surface area contributed by atoms with Gasteiger partial charge in [-0.1, -0.05) is 103 Å². The Balaban J connectivity index is 0.708. The van der Waals surface area contributed by atoms with Gasteiger partial charge in [-0.2, -0.15) is 13.2 Å². The molecule has 0 aliphatic carbocycles. The molecule has 5 aromatic carbocycles. The molecule has 2 aliphatic rings. The molecule has 2 aliphatic heterocycles. The molecule has 1 atom stereocenters. The summed E-state index contributed by atoms with van der Waals surface area (Å²) < 4.78 is 75.1. The van der Waals surface area contributed by atoms with Gasteiger partial charge >= 0.3 is 6.18 Å². The molecule has 17 nitrogen and oxygen atoms in total. The Morgan fingerprint density at radius 1 is 0.709 bits per heavy atom. The van der Waals surface area contributed by atoms with Gasteiger partial charge in [-0.3, -0.25) is 43.9 Å². The van der Waals surface area contributed by atoms with Crippen molar-refractivity contribution in [1.29, 1.82) is 0 Å². The van der Waals surface area contributed by atoms with Gasteiger partial charge in [-0.25, -0.2) is 0 Å². The lowest BCUT2D eigenvalue weighted by Gasteiger charge is -2.29. The molecule has 2 heterocycles. The lowest BCUT2D eigenvalue weighted by Crippen LogP contribution is -2.54. The Kier molecular flexibility index (Phi) is 22.9. The molecule has 0 bridgehead atoms. The van der Waals surface area contributed by atoms with Crippen molar-refractivity contribution in [1.82, 2.24) is 20.4 Å². The molecular weight excluding hydrogens is 1050 g/mol. The van der Waals surface area contributed by atoms with Crippen LogP contribution in [-0.2, 0) is 62.0 Å². The van der Waals surface area contributed by atoms with Gasteiger partial charge in [0.25, 0.3) is 11.8 Å². The van der Waals surface area contributed by atoms with Gasteiger partial charge in [0.15, 0.2) is 0 Å². The number of carbonyl (C=O) groups excluding carboxylic acids is 6. The fourth-order valence-electron chi connectivity index (χ4n) is 9.01. The Bertz CT molecular complexity index is 2810. The maximum absolute atomic E-state index is 13.8. The number of piperidine rings is 1. The highest BCUT2D eigenvalue weighted by molar-refractivity contribution is 6.32. The first-order valence-corrected chi connectivity index (χ1v) is 26.3. The molecular formula is C58H63ClF3N5O12. The summed E-state index contributed by atoms with van der Waals surface area (Å²) in [5.41, 5.74) is 2.57. The van der Waals surface area contributed by atoms with E-state index in [1.54, 1.807) is 6.07 Å². The van der Waals surface area contributed by atoms with Crippen molar-refractivity contribution >= 4 is 52.7 Å². The van der Waals surface area contributed by atoms with E-state index in [1.807, 2.05) is 60.7 Å². The van der Waals surface area contributed by atoms with Gasteiger partial charge in [0.05, 0.1) is 99.9 Å². The average molecular weight is 1110 g/mol. The average Bonchev–Trinajstić information content (AvgIpc) is 3.99. The zero-order chi connectivity index (χ0) is 56.0. The van der Waals surface area contributed by atoms with Crippen molar-refractivity contribution in [2.24, 2.45) is 0 Å². The number of fused-ring (bicyclic) bond motifs is 1. The Hall–Kier alpha value is -7.04. The number of imide groups is 2. The number of rotatable bonds is 32. The molecule has 1 saturated heterocycles. The number of hydrogen-bond donors (Lipinski definition) is 3. The fraction of sp³-hybridized carbons (Fsp3) is 0.379. The summed E-state index contributed by atoms with van der Waals surface area (Å²) in [6.45, 7) is 4.01.